The van der Waals surface area contributed by atoms with E-state index in [4.69, 9.17) is 0 Å². The van der Waals surface area contributed by atoms with Gasteiger partial charge in [-0.1, -0.05) is 47.0 Å². The van der Waals surface area contributed by atoms with E-state index in [2.05, 4.69) is 27.7 Å². The molecule has 0 heterocycles. The third-order valence-corrected chi connectivity index (χ3v) is 10.4. The molecule has 0 aromatic rings. The summed E-state index contributed by atoms with van der Waals surface area (Å²) in [5, 5.41) is 10.2. The second kappa shape index (κ2) is 7.66. The summed E-state index contributed by atoms with van der Waals surface area (Å²) in [6, 6.07) is 0. The summed E-state index contributed by atoms with van der Waals surface area (Å²) in [7, 11) is 0. The van der Waals surface area contributed by atoms with Crippen LogP contribution in [0.25, 0.3) is 0 Å². The van der Waals surface area contributed by atoms with Crippen LogP contribution in [-0.2, 0) is 0 Å². The fourth-order valence-corrected chi connectivity index (χ4v) is 8.76. The van der Waals surface area contributed by atoms with Crippen molar-refractivity contribution in [1.29, 1.82) is 0 Å². The van der Waals surface area contributed by atoms with Crippen molar-refractivity contribution in [2.75, 3.05) is 0 Å². The van der Waals surface area contributed by atoms with Crippen molar-refractivity contribution in [1.82, 2.24) is 0 Å². The molecule has 0 radical (unpaired) electrons. The van der Waals surface area contributed by atoms with Crippen LogP contribution in [0.1, 0.15) is 111 Å². The van der Waals surface area contributed by atoms with E-state index >= 15 is 0 Å². The Bertz CT molecular complexity index is 512. The van der Waals surface area contributed by atoms with E-state index in [0.29, 0.717) is 10.8 Å². The predicted octanol–water partition coefficient (Wildman–Crippen LogP) is 7.22. The second-order valence-electron chi connectivity index (χ2n) is 12.1. The van der Waals surface area contributed by atoms with Crippen LogP contribution in [-0.4, -0.2) is 11.2 Å². The molecule has 1 heteroatoms. The minimum atomic E-state index is -0.00446. The van der Waals surface area contributed by atoms with E-state index in [1.165, 1.54) is 70.6 Å². The average molecular weight is 375 g/mol. The minimum absolute atomic E-state index is 0.00446. The molecule has 156 valence electrons. The summed E-state index contributed by atoms with van der Waals surface area (Å²) in [6.45, 7) is 10.1. The van der Waals surface area contributed by atoms with E-state index in [1.54, 1.807) is 0 Å². The number of aliphatic hydroxyl groups excluding tert-OH is 1. The number of hydrogen-bond donors (Lipinski definition) is 1. The lowest BCUT2D eigenvalue weighted by atomic mass is 9.44. The van der Waals surface area contributed by atoms with Crippen molar-refractivity contribution in [3.8, 4) is 0 Å². The minimum Gasteiger partial charge on any atom is -0.393 e. The SMILES string of the molecule is CC(C)CCCC[C@H]1CCC2C3CCC4CC(O)CCC4(C)C3CC[C@@]21C. The molecule has 1 N–H and O–H groups in total. The number of rotatable bonds is 5. The molecule has 4 aliphatic rings. The Hall–Kier alpha value is -0.0400. The van der Waals surface area contributed by atoms with Crippen LogP contribution in [0.5, 0.6) is 0 Å². The van der Waals surface area contributed by atoms with Gasteiger partial charge >= 0.3 is 0 Å². The third-order valence-electron chi connectivity index (χ3n) is 10.4. The van der Waals surface area contributed by atoms with Crippen LogP contribution in [0.3, 0.4) is 0 Å². The smallest absolute Gasteiger partial charge is 0.0543 e. The maximum absolute atomic E-state index is 10.2. The number of hydrogen-bond acceptors (Lipinski definition) is 1. The quantitative estimate of drug-likeness (QED) is 0.503. The van der Waals surface area contributed by atoms with E-state index in [-0.39, 0.29) is 6.10 Å². The zero-order valence-electron chi connectivity index (χ0n) is 18.7. The van der Waals surface area contributed by atoms with Gasteiger partial charge in [0.05, 0.1) is 6.10 Å². The maximum atomic E-state index is 10.2. The summed E-state index contributed by atoms with van der Waals surface area (Å²) >= 11 is 0. The lowest BCUT2D eigenvalue weighted by Crippen LogP contribution is -2.53. The Morgan fingerprint density at radius 2 is 1.59 bits per heavy atom. The largest absolute Gasteiger partial charge is 0.393 e. The van der Waals surface area contributed by atoms with Gasteiger partial charge in [0, 0.05) is 0 Å². The lowest BCUT2D eigenvalue weighted by molar-refractivity contribution is -0.127. The van der Waals surface area contributed by atoms with Crippen molar-refractivity contribution >= 4 is 0 Å². The molecular formula is C26H46O. The van der Waals surface area contributed by atoms with Crippen LogP contribution in [0.2, 0.25) is 0 Å². The molecule has 0 spiro atoms. The second-order valence-corrected chi connectivity index (χ2v) is 12.1. The van der Waals surface area contributed by atoms with Gasteiger partial charge in [0.1, 0.15) is 0 Å². The van der Waals surface area contributed by atoms with Crippen LogP contribution in [0, 0.1) is 46.3 Å². The molecule has 0 bridgehead atoms. The summed E-state index contributed by atoms with van der Waals surface area (Å²) in [6.07, 6.45) is 18.2. The van der Waals surface area contributed by atoms with Crippen LogP contribution < -0.4 is 0 Å². The molecule has 6 unspecified atom stereocenters. The van der Waals surface area contributed by atoms with Gasteiger partial charge in [-0.25, -0.2) is 0 Å². The van der Waals surface area contributed by atoms with Crippen LogP contribution in [0.15, 0.2) is 0 Å². The molecule has 4 aliphatic carbocycles. The fourth-order valence-electron chi connectivity index (χ4n) is 8.76. The van der Waals surface area contributed by atoms with E-state index < -0.39 is 0 Å². The fraction of sp³-hybridized carbons (Fsp3) is 1.00. The molecule has 0 aliphatic heterocycles. The molecular weight excluding hydrogens is 328 g/mol. The van der Waals surface area contributed by atoms with E-state index in [0.717, 1.165) is 48.3 Å². The van der Waals surface area contributed by atoms with Gasteiger partial charge < -0.3 is 5.11 Å². The summed E-state index contributed by atoms with van der Waals surface area (Å²) in [4.78, 5) is 0. The highest BCUT2D eigenvalue weighted by Crippen LogP contribution is 2.67. The number of aliphatic hydroxyl groups is 1. The zero-order chi connectivity index (χ0) is 19.2. The first-order chi connectivity index (χ1) is 12.8. The number of fused-ring (bicyclic) bond motifs is 5. The Kier molecular flexibility index (Phi) is 5.74. The predicted molar refractivity (Wildman–Crippen MR) is 115 cm³/mol. The van der Waals surface area contributed by atoms with Gasteiger partial charge in [0.15, 0.2) is 0 Å². The number of unbranched alkanes of at least 4 members (excludes halogenated alkanes) is 1. The van der Waals surface area contributed by atoms with E-state index in [1.807, 2.05) is 0 Å². The Labute approximate surface area is 169 Å². The highest BCUT2D eigenvalue weighted by atomic mass is 16.3. The summed E-state index contributed by atoms with van der Waals surface area (Å²) in [5.74, 6) is 5.66. The average Bonchev–Trinajstić information content (AvgIpc) is 2.96. The first-order valence-electron chi connectivity index (χ1n) is 12.5. The van der Waals surface area contributed by atoms with Gasteiger partial charge in [-0.15, -0.1) is 0 Å². The first-order valence-corrected chi connectivity index (χ1v) is 12.5. The molecule has 4 saturated carbocycles. The molecule has 8 atom stereocenters. The van der Waals surface area contributed by atoms with Crippen LogP contribution in [0.4, 0.5) is 0 Å². The lowest BCUT2D eigenvalue weighted by Gasteiger charge is -2.61. The molecule has 0 aromatic carbocycles. The Morgan fingerprint density at radius 3 is 2.37 bits per heavy atom. The highest BCUT2D eigenvalue weighted by Gasteiger charge is 2.59. The maximum Gasteiger partial charge on any atom is 0.0543 e. The van der Waals surface area contributed by atoms with E-state index in [9.17, 15) is 5.11 Å². The van der Waals surface area contributed by atoms with Gasteiger partial charge in [0.25, 0.3) is 0 Å². The molecule has 1 nitrogen and oxygen atoms in total. The standard InChI is InChI=1S/C26H46O/c1-18(2)7-5-6-8-19-10-12-23-22-11-9-20-17-21(27)13-15-26(20,4)24(22)14-16-25(19,23)3/h18-24,27H,5-17H2,1-4H3/t19-,20?,21?,22?,23?,24?,25+,26?/m0/s1. The van der Waals surface area contributed by atoms with Crippen molar-refractivity contribution in [2.24, 2.45) is 46.3 Å². The molecule has 27 heavy (non-hydrogen) atoms. The molecule has 0 saturated heterocycles. The third kappa shape index (κ3) is 3.53. The molecule has 4 rings (SSSR count). The summed E-state index contributed by atoms with van der Waals surface area (Å²) in [5.41, 5.74) is 1.19. The van der Waals surface area contributed by atoms with Crippen molar-refractivity contribution in [2.45, 2.75) is 117 Å². The van der Waals surface area contributed by atoms with Gasteiger partial charge in [-0.2, -0.15) is 0 Å². The zero-order valence-corrected chi connectivity index (χ0v) is 18.7. The van der Waals surface area contributed by atoms with Crippen molar-refractivity contribution < 1.29 is 5.11 Å². The first kappa shape index (κ1) is 20.2. The molecule has 0 amide bonds. The van der Waals surface area contributed by atoms with Gasteiger partial charge in [-0.3, -0.25) is 0 Å². The topological polar surface area (TPSA) is 20.2 Å². The summed E-state index contributed by atoms with van der Waals surface area (Å²) < 4.78 is 0. The van der Waals surface area contributed by atoms with Gasteiger partial charge in [0.2, 0.25) is 0 Å². The normalized spacial score (nSPS) is 49.6. The highest BCUT2D eigenvalue weighted by molar-refractivity contribution is 5.09. The Morgan fingerprint density at radius 1 is 0.852 bits per heavy atom. The van der Waals surface area contributed by atoms with Crippen molar-refractivity contribution in [3.05, 3.63) is 0 Å². The van der Waals surface area contributed by atoms with Gasteiger partial charge in [-0.05, 0) is 111 Å². The monoisotopic (exact) mass is 374 g/mol. The van der Waals surface area contributed by atoms with Crippen molar-refractivity contribution in [3.63, 3.8) is 0 Å². The molecule has 0 aromatic heterocycles. The van der Waals surface area contributed by atoms with Crippen LogP contribution >= 0.6 is 0 Å². The molecule has 4 fully saturated rings. The Balaban J connectivity index is 1.43.